The van der Waals surface area contributed by atoms with Crippen LogP contribution < -0.4 is 0 Å². The van der Waals surface area contributed by atoms with E-state index in [0.717, 1.165) is 10.4 Å². The van der Waals surface area contributed by atoms with Gasteiger partial charge in [0.15, 0.2) is 0 Å². The molecule has 0 aliphatic rings. The summed E-state index contributed by atoms with van der Waals surface area (Å²) in [6, 6.07) is 17.6. The molecule has 0 radical (unpaired) electrons. The summed E-state index contributed by atoms with van der Waals surface area (Å²) < 4.78 is 20.2. The predicted octanol–water partition coefficient (Wildman–Crippen LogP) is 7.14. The van der Waals surface area contributed by atoms with E-state index in [9.17, 15) is 4.39 Å². The van der Waals surface area contributed by atoms with Crippen molar-refractivity contribution in [3.63, 3.8) is 0 Å². The maximum Gasteiger partial charge on any atom is 0.123 e. The van der Waals surface area contributed by atoms with Crippen molar-refractivity contribution in [1.29, 1.82) is 0 Å². The van der Waals surface area contributed by atoms with Gasteiger partial charge in [-0.15, -0.1) is 34.0 Å². The van der Waals surface area contributed by atoms with Crippen molar-refractivity contribution < 1.29 is 4.39 Å². The Bertz CT molecular complexity index is 1140. The minimum absolute atomic E-state index is 0.179. The van der Waals surface area contributed by atoms with Crippen LogP contribution in [-0.4, -0.2) is 0 Å². The van der Waals surface area contributed by atoms with E-state index < -0.39 is 0 Å². The molecule has 2 aromatic carbocycles. The second-order valence-corrected chi connectivity index (χ2v) is 8.33. The zero-order chi connectivity index (χ0) is 14.7. The van der Waals surface area contributed by atoms with Crippen LogP contribution >= 0.6 is 34.0 Å². The molecule has 0 aliphatic heterocycles. The Balaban J connectivity index is 1.80. The average molecular weight is 340 g/mol. The van der Waals surface area contributed by atoms with Crippen LogP contribution in [-0.2, 0) is 0 Å². The molecule has 3 heterocycles. The van der Waals surface area contributed by atoms with Gasteiger partial charge in [-0.25, -0.2) is 4.39 Å². The van der Waals surface area contributed by atoms with Gasteiger partial charge >= 0.3 is 0 Å². The lowest BCUT2D eigenvalue weighted by molar-refractivity contribution is 0.628. The van der Waals surface area contributed by atoms with E-state index in [1.807, 2.05) is 28.7 Å². The molecule has 106 valence electrons. The van der Waals surface area contributed by atoms with Crippen molar-refractivity contribution in [1.82, 2.24) is 0 Å². The molecule has 0 atom stereocenters. The van der Waals surface area contributed by atoms with Crippen LogP contribution in [0.2, 0.25) is 0 Å². The van der Waals surface area contributed by atoms with Gasteiger partial charge in [-0.05, 0) is 29.8 Å². The first-order valence-corrected chi connectivity index (χ1v) is 9.34. The Morgan fingerprint density at radius 2 is 1.55 bits per heavy atom. The number of hydrogen-bond acceptors (Lipinski definition) is 3. The number of benzene rings is 2. The van der Waals surface area contributed by atoms with Crippen LogP contribution in [0.25, 0.3) is 39.3 Å². The Hall–Kier alpha value is -1.75. The van der Waals surface area contributed by atoms with Crippen molar-refractivity contribution in [3.8, 4) is 10.4 Å². The monoisotopic (exact) mass is 340 g/mol. The Labute approximate surface area is 138 Å². The third-order valence-electron chi connectivity index (χ3n) is 3.78. The number of fused-ring (bicyclic) bond motifs is 5. The maximum absolute atomic E-state index is 13.4. The zero-order valence-corrected chi connectivity index (χ0v) is 13.7. The highest BCUT2D eigenvalue weighted by Gasteiger charge is 2.15. The van der Waals surface area contributed by atoms with E-state index in [1.165, 1.54) is 35.0 Å². The molecule has 0 unspecified atom stereocenters. The first-order chi connectivity index (χ1) is 10.8. The fourth-order valence-corrected chi connectivity index (χ4v) is 6.92. The summed E-state index contributed by atoms with van der Waals surface area (Å²) in [5, 5.41) is 1.35. The molecule has 3 aromatic heterocycles. The Kier molecular flexibility index (Phi) is 2.68. The van der Waals surface area contributed by atoms with Crippen LogP contribution in [0.5, 0.6) is 0 Å². The van der Waals surface area contributed by atoms with Gasteiger partial charge in [0.05, 0.1) is 14.1 Å². The van der Waals surface area contributed by atoms with Gasteiger partial charge in [0.2, 0.25) is 0 Å². The number of hydrogen-bond donors (Lipinski definition) is 0. The van der Waals surface area contributed by atoms with Gasteiger partial charge in [-0.1, -0.05) is 30.3 Å². The molecule has 5 rings (SSSR count). The van der Waals surface area contributed by atoms with Gasteiger partial charge in [0.25, 0.3) is 0 Å². The molecule has 0 spiro atoms. The fourth-order valence-electron chi connectivity index (χ4n) is 2.77. The van der Waals surface area contributed by atoms with E-state index in [1.54, 1.807) is 23.5 Å². The maximum atomic E-state index is 13.4. The van der Waals surface area contributed by atoms with Crippen LogP contribution in [0.4, 0.5) is 4.39 Å². The molecule has 22 heavy (non-hydrogen) atoms. The van der Waals surface area contributed by atoms with E-state index in [0.29, 0.717) is 0 Å². The molecule has 5 aromatic rings. The SMILES string of the molecule is Fc1cccc(-c2cc3sc4c5ccccc5sc4c3s2)c1. The van der Waals surface area contributed by atoms with Crippen molar-refractivity contribution >= 4 is 62.9 Å². The number of rotatable bonds is 1. The second kappa shape index (κ2) is 4.62. The number of thiophene rings is 3. The van der Waals surface area contributed by atoms with Crippen molar-refractivity contribution in [3.05, 3.63) is 60.4 Å². The lowest BCUT2D eigenvalue weighted by Gasteiger charge is -1.96. The van der Waals surface area contributed by atoms with E-state index in [-0.39, 0.29) is 5.82 Å². The van der Waals surface area contributed by atoms with Crippen LogP contribution in [0.3, 0.4) is 0 Å². The summed E-state index contributed by atoms with van der Waals surface area (Å²) in [6.45, 7) is 0. The van der Waals surface area contributed by atoms with Gasteiger partial charge < -0.3 is 0 Å². The van der Waals surface area contributed by atoms with Crippen molar-refractivity contribution in [2.24, 2.45) is 0 Å². The molecule has 0 amide bonds. The molecule has 0 saturated heterocycles. The van der Waals surface area contributed by atoms with E-state index >= 15 is 0 Å². The van der Waals surface area contributed by atoms with Gasteiger partial charge in [0.1, 0.15) is 5.82 Å². The van der Waals surface area contributed by atoms with Gasteiger partial charge in [0, 0.05) is 19.7 Å². The topological polar surface area (TPSA) is 0 Å². The number of halogens is 1. The summed E-state index contributed by atoms with van der Waals surface area (Å²) in [4.78, 5) is 1.14. The van der Waals surface area contributed by atoms with Crippen molar-refractivity contribution in [2.75, 3.05) is 0 Å². The lowest BCUT2D eigenvalue weighted by atomic mass is 10.2. The van der Waals surface area contributed by atoms with Crippen molar-refractivity contribution in [2.45, 2.75) is 0 Å². The first kappa shape index (κ1) is 12.8. The highest BCUT2D eigenvalue weighted by molar-refractivity contribution is 7.41. The van der Waals surface area contributed by atoms with Gasteiger partial charge in [-0.3, -0.25) is 0 Å². The summed E-state index contributed by atoms with van der Waals surface area (Å²) in [6.07, 6.45) is 0. The molecule has 0 bridgehead atoms. The summed E-state index contributed by atoms with van der Waals surface area (Å²) >= 11 is 5.47. The third-order valence-corrected chi connectivity index (χ3v) is 7.72. The minimum Gasteiger partial charge on any atom is -0.207 e. The van der Waals surface area contributed by atoms with Gasteiger partial charge in [-0.2, -0.15) is 0 Å². The van der Waals surface area contributed by atoms with Crippen LogP contribution in [0, 0.1) is 5.82 Å². The Morgan fingerprint density at radius 1 is 0.682 bits per heavy atom. The van der Waals surface area contributed by atoms with E-state index in [4.69, 9.17) is 0 Å². The quantitative estimate of drug-likeness (QED) is 0.304. The molecule has 0 aliphatic carbocycles. The molecule has 0 N–H and O–H groups in total. The molecular weight excluding hydrogens is 331 g/mol. The standard InChI is InChI=1S/C18H9FS3/c19-11-5-3-4-10(8-11)14-9-15-17(21-14)18-16(22-15)12-6-1-2-7-13(12)20-18/h1-9H. The molecule has 0 nitrogen and oxygen atoms in total. The zero-order valence-electron chi connectivity index (χ0n) is 11.3. The fraction of sp³-hybridized carbons (Fsp3) is 0. The largest absolute Gasteiger partial charge is 0.207 e. The predicted molar refractivity (Wildman–Crippen MR) is 98.0 cm³/mol. The highest BCUT2D eigenvalue weighted by atomic mass is 32.1. The second-order valence-electron chi connectivity index (χ2n) is 5.17. The molecule has 0 fully saturated rings. The first-order valence-electron chi connectivity index (χ1n) is 6.89. The summed E-state index contributed by atoms with van der Waals surface area (Å²) in [5.41, 5.74) is 0.961. The third kappa shape index (κ3) is 1.78. The van der Waals surface area contributed by atoms with E-state index in [2.05, 4.69) is 30.3 Å². The molecule has 0 saturated carbocycles. The lowest BCUT2D eigenvalue weighted by Crippen LogP contribution is -1.74. The Morgan fingerprint density at radius 3 is 2.45 bits per heavy atom. The normalized spacial score (nSPS) is 11.9. The average Bonchev–Trinajstić information content (AvgIpc) is 3.16. The molecule has 4 heteroatoms. The van der Waals surface area contributed by atoms with Crippen LogP contribution in [0.15, 0.2) is 54.6 Å². The smallest absolute Gasteiger partial charge is 0.123 e. The minimum atomic E-state index is -0.179. The van der Waals surface area contributed by atoms with Crippen LogP contribution in [0.1, 0.15) is 0 Å². The highest BCUT2D eigenvalue weighted by Crippen LogP contribution is 2.48. The molecular formula is C18H9FS3. The summed E-state index contributed by atoms with van der Waals surface area (Å²) in [7, 11) is 0. The summed E-state index contributed by atoms with van der Waals surface area (Å²) in [5.74, 6) is -0.179.